The quantitative estimate of drug-likeness (QED) is 0.823. The van der Waals surface area contributed by atoms with Gasteiger partial charge in [-0.05, 0) is 24.1 Å². The van der Waals surface area contributed by atoms with E-state index in [1.54, 1.807) is 6.07 Å². The summed E-state index contributed by atoms with van der Waals surface area (Å²) in [5.41, 5.74) is 1.23. The van der Waals surface area contributed by atoms with E-state index in [1.165, 1.54) is 5.56 Å². The summed E-state index contributed by atoms with van der Waals surface area (Å²) in [7, 11) is 0. The molecule has 106 valence electrons. The van der Waals surface area contributed by atoms with Crippen LogP contribution in [0.2, 0.25) is 10.2 Å². The number of benzene rings is 1. The number of nitrogens with one attached hydrogen (secondary N) is 1. The molecular formula is C15H17Cl2N3. The van der Waals surface area contributed by atoms with E-state index in [4.69, 9.17) is 23.2 Å². The second-order valence-corrected chi connectivity index (χ2v) is 5.72. The zero-order chi connectivity index (χ0) is 14.5. The van der Waals surface area contributed by atoms with Gasteiger partial charge in [0.05, 0.1) is 0 Å². The molecule has 0 radical (unpaired) electrons. The molecule has 0 fully saturated rings. The standard InChI is InChI=1S/C15H17Cl2N3/c1-10(2)15-19-13(17)9-14(20-15)18-8-7-11-3-5-12(16)6-4-11/h3-6,9-10H,7-8H2,1-2H3,(H,18,19,20). The molecule has 0 bridgehead atoms. The molecule has 0 saturated heterocycles. The summed E-state index contributed by atoms with van der Waals surface area (Å²) in [5.74, 6) is 1.78. The molecule has 0 spiro atoms. The Labute approximate surface area is 129 Å². The van der Waals surface area contributed by atoms with E-state index in [1.807, 2.05) is 38.1 Å². The van der Waals surface area contributed by atoms with Crippen molar-refractivity contribution in [2.45, 2.75) is 26.2 Å². The average Bonchev–Trinajstić information content (AvgIpc) is 2.40. The number of nitrogens with zero attached hydrogens (tertiary/aromatic N) is 2. The van der Waals surface area contributed by atoms with E-state index in [9.17, 15) is 0 Å². The van der Waals surface area contributed by atoms with E-state index in [0.717, 1.165) is 29.6 Å². The van der Waals surface area contributed by atoms with Crippen LogP contribution >= 0.6 is 23.2 Å². The average molecular weight is 310 g/mol. The molecule has 1 aromatic heterocycles. The van der Waals surface area contributed by atoms with Gasteiger partial charge in [-0.3, -0.25) is 0 Å². The highest BCUT2D eigenvalue weighted by Gasteiger charge is 2.06. The van der Waals surface area contributed by atoms with Crippen molar-refractivity contribution in [2.75, 3.05) is 11.9 Å². The minimum absolute atomic E-state index is 0.255. The van der Waals surface area contributed by atoms with Crippen molar-refractivity contribution in [3.63, 3.8) is 0 Å². The Morgan fingerprint density at radius 1 is 1.10 bits per heavy atom. The molecule has 3 nitrogen and oxygen atoms in total. The molecule has 2 aromatic rings. The van der Waals surface area contributed by atoms with Gasteiger partial charge in [-0.2, -0.15) is 0 Å². The Morgan fingerprint density at radius 3 is 2.45 bits per heavy atom. The van der Waals surface area contributed by atoms with Crippen LogP contribution < -0.4 is 5.32 Å². The Kier molecular flexibility index (Phi) is 5.21. The third-order valence-electron chi connectivity index (χ3n) is 2.86. The van der Waals surface area contributed by atoms with Crippen LogP contribution in [0, 0.1) is 0 Å². The molecular weight excluding hydrogens is 293 g/mol. The summed E-state index contributed by atoms with van der Waals surface area (Å²) < 4.78 is 0. The summed E-state index contributed by atoms with van der Waals surface area (Å²) >= 11 is 11.9. The van der Waals surface area contributed by atoms with E-state index >= 15 is 0 Å². The summed E-state index contributed by atoms with van der Waals surface area (Å²) in [6.45, 7) is 4.87. The largest absolute Gasteiger partial charge is 0.370 e. The van der Waals surface area contributed by atoms with Gasteiger partial charge in [0.1, 0.15) is 16.8 Å². The highest BCUT2D eigenvalue weighted by Crippen LogP contribution is 2.17. The smallest absolute Gasteiger partial charge is 0.135 e. The molecule has 5 heteroatoms. The van der Waals surface area contributed by atoms with Crippen molar-refractivity contribution in [1.29, 1.82) is 0 Å². The number of hydrogen-bond acceptors (Lipinski definition) is 3. The summed E-state index contributed by atoms with van der Waals surface area (Å²) in [5, 5.41) is 4.50. The third-order valence-corrected chi connectivity index (χ3v) is 3.31. The Morgan fingerprint density at radius 2 is 1.80 bits per heavy atom. The number of rotatable bonds is 5. The molecule has 0 aliphatic rings. The van der Waals surface area contributed by atoms with Crippen molar-refractivity contribution < 1.29 is 0 Å². The zero-order valence-corrected chi connectivity index (χ0v) is 13.0. The predicted octanol–water partition coefficient (Wildman–Crippen LogP) is 4.56. The van der Waals surface area contributed by atoms with Crippen molar-refractivity contribution in [1.82, 2.24) is 9.97 Å². The fourth-order valence-electron chi connectivity index (χ4n) is 1.77. The topological polar surface area (TPSA) is 37.8 Å². The first-order valence-electron chi connectivity index (χ1n) is 6.57. The van der Waals surface area contributed by atoms with Crippen LogP contribution in [0.15, 0.2) is 30.3 Å². The van der Waals surface area contributed by atoms with Crippen LogP contribution in [0.5, 0.6) is 0 Å². The molecule has 1 aromatic carbocycles. The molecule has 0 amide bonds. The molecule has 0 saturated carbocycles. The van der Waals surface area contributed by atoms with Gasteiger partial charge in [-0.15, -0.1) is 0 Å². The van der Waals surface area contributed by atoms with Crippen LogP contribution in [0.25, 0.3) is 0 Å². The normalized spacial score (nSPS) is 10.8. The third kappa shape index (κ3) is 4.36. The molecule has 1 heterocycles. The lowest BCUT2D eigenvalue weighted by Crippen LogP contribution is -2.08. The van der Waals surface area contributed by atoms with E-state index < -0.39 is 0 Å². The van der Waals surface area contributed by atoms with Crippen LogP contribution in [0.1, 0.15) is 31.2 Å². The summed E-state index contributed by atoms with van der Waals surface area (Å²) in [4.78, 5) is 8.66. The minimum Gasteiger partial charge on any atom is -0.370 e. The van der Waals surface area contributed by atoms with Gasteiger partial charge in [-0.25, -0.2) is 9.97 Å². The maximum Gasteiger partial charge on any atom is 0.135 e. The molecule has 0 unspecified atom stereocenters. The van der Waals surface area contributed by atoms with Gasteiger partial charge in [0.25, 0.3) is 0 Å². The Hall–Kier alpha value is -1.32. The van der Waals surface area contributed by atoms with E-state index in [2.05, 4.69) is 15.3 Å². The van der Waals surface area contributed by atoms with Gasteiger partial charge in [0.15, 0.2) is 0 Å². The first kappa shape index (κ1) is 15.1. The van der Waals surface area contributed by atoms with Crippen LogP contribution in [0.4, 0.5) is 5.82 Å². The van der Waals surface area contributed by atoms with Crippen molar-refractivity contribution in [2.24, 2.45) is 0 Å². The van der Waals surface area contributed by atoms with Gasteiger partial charge in [0.2, 0.25) is 0 Å². The van der Waals surface area contributed by atoms with Crippen LogP contribution in [-0.4, -0.2) is 16.5 Å². The fraction of sp³-hybridized carbons (Fsp3) is 0.333. The lowest BCUT2D eigenvalue weighted by atomic mass is 10.1. The van der Waals surface area contributed by atoms with Crippen LogP contribution in [0.3, 0.4) is 0 Å². The minimum atomic E-state index is 0.255. The fourth-order valence-corrected chi connectivity index (χ4v) is 2.09. The van der Waals surface area contributed by atoms with Gasteiger partial charge in [0, 0.05) is 23.6 Å². The maximum atomic E-state index is 6.00. The first-order valence-corrected chi connectivity index (χ1v) is 7.33. The van der Waals surface area contributed by atoms with E-state index in [-0.39, 0.29) is 5.92 Å². The Balaban J connectivity index is 1.95. The van der Waals surface area contributed by atoms with Gasteiger partial charge < -0.3 is 5.32 Å². The SMILES string of the molecule is CC(C)c1nc(Cl)cc(NCCc2ccc(Cl)cc2)n1. The number of halogens is 2. The molecule has 0 atom stereocenters. The van der Waals surface area contributed by atoms with Crippen molar-refractivity contribution in [3.8, 4) is 0 Å². The zero-order valence-electron chi connectivity index (χ0n) is 11.5. The highest BCUT2D eigenvalue weighted by molar-refractivity contribution is 6.30. The second-order valence-electron chi connectivity index (χ2n) is 4.89. The van der Waals surface area contributed by atoms with Gasteiger partial charge >= 0.3 is 0 Å². The molecule has 1 N–H and O–H groups in total. The van der Waals surface area contributed by atoms with Crippen LogP contribution in [-0.2, 0) is 6.42 Å². The second kappa shape index (κ2) is 6.91. The highest BCUT2D eigenvalue weighted by atomic mass is 35.5. The van der Waals surface area contributed by atoms with Crippen molar-refractivity contribution in [3.05, 3.63) is 51.9 Å². The lowest BCUT2D eigenvalue weighted by Gasteiger charge is -2.09. The van der Waals surface area contributed by atoms with Gasteiger partial charge in [-0.1, -0.05) is 49.2 Å². The summed E-state index contributed by atoms with van der Waals surface area (Å²) in [6.07, 6.45) is 0.899. The lowest BCUT2D eigenvalue weighted by molar-refractivity contribution is 0.774. The molecule has 0 aliphatic carbocycles. The summed E-state index contributed by atoms with van der Waals surface area (Å²) in [6, 6.07) is 9.59. The maximum absolute atomic E-state index is 6.00. The number of aromatic nitrogens is 2. The van der Waals surface area contributed by atoms with E-state index in [0.29, 0.717) is 5.15 Å². The molecule has 0 aliphatic heterocycles. The van der Waals surface area contributed by atoms with Crippen molar-refractivity contribution >= 4 is 29.0 Å². The molecule has 2 rings (SSSR count). The number of anilines is 1. The monoisotopic (exact) mass is 309 g/mol. The molecule has 20 heavy (non-hydrogen) atoms. The predicted molar refractivity (Wildman–Crippen MR) is 84.8 cm³/mol. The number of hydrogen-bond donors (Lipinski definition) is 1. The first-order chi connectivity index (χ1) is 9.54. The Bertz CT molecular complexity index is 568.